The molecule has 0 aliphatic heterocycles. The summed E-state index contributed by atoms with van der Waals surface area (Å²) < 4.78 is 5.42. The molecule has 0 amide bonds. The number of esters is 1. The molecule has 0 heterocycles. The third-order valence-corrected chi connectivity index (χ3v) is 3.10. The molecule has 3 nitrogen and oxygen atoms in total. The van der Waals surface area contributed by atoms with E-state index in [4.69, 9.17) is 4.74 Å². The average Bonchev–Trinajstić information content (AvgIpc) is 2.54. The molecule has 2 rings (SSSR count). The number of aliphatic hydroxyl groups excluding tert-OH is 1. The van der Waals surface area contributed by atoms with Crippen LogP contribution >= 0.6 is 0 Å². The van der Waals surface area contributed by atoms with Gasteiger partial charge in [0.05, 0.1) is 0 Å². The molecule has 0 aliphatic carbocycles. The molecule has 1 N–H and O–H groups in total. The van der Waals surface area contributed by atoms with Crippen LogP contribution in [0.4, 0.5) is 0 Å². The molecule has 2 aromatic carbocycles. The SMILES string of the molecule is C/C=C/C(=O)O[C@@H](c1ccccc1)[C@H](O)c1ccccc1. The lowest BCUT2D eigenvalue weighted by atomic mass is 9.98. The van der Waals surface area contributed by atoms with Crippen molar-refractivity contribution in [2.24, 2.45) is 0 Å². The lowest BCUT2D eigenvalue weighted by Crippen LogP contribution is -2.17. The third kappa shape index (κ3) is 4.04. The molecule has 0 bridgehead atoms. The van der Waals surface area contributed by atoms with Crippen LogP contribution in [-0.2, 0) is 9.53 Å². The Labute approximate surface area is 124 Å². The molecule has 0 fully saturated rings. The van der Waals surface area contributed by atoms with Crippen molar-refractivity contribution >= 4 is 5.97 Å². The number of ether oxygens (including phenoxy) is 1. The van der Waals surface area contributed by atoms with Gasteiger partial charge < -0.3 is 9.84 Å². The van der Waals surface area contributed by atoms with Gasteiger partial charge in [-0.3, -0.25) is 0 Å². The summed E-state index contributed by atoms with van der Waals surface area (Å²) in [5, 5.41) is 10.5. The molecule has 0 spiro atoms. The van der Waals surface area contributed by atoms with Crippen LogP contribution in [0.25, 0.3) is 0 Å². The van der Waals surface area contributed by atoms with E-state index in [1.807, 2.05) is 60.7 Å². The zero-order valence-electron chi connectivity index (χ0n) is 11.8. The maximum Gasteiger partial charge on any atom is 0.331 e. The van der Waals surface area contributed by atoms with Gasteiger partial charge in [-0.25, -0.2) is 4.79 Å². The number of rotatable bonds is 5. The fourth-order valence-corrected chi connectivity index (χ4v) is 2.08. The van der Waals surface area contributed by atoms with Gasteiger partial charge in [0.1, 0.15) is 6.10 Å². The Hall–Kier alpha value is -2.39. The summed E-state index contributed by atoms with van der Waals surface area (Å²) >= 11 is 0. The van der Waals surface area contributed by atoms with E-state index in [2.05, 4.69) is 0 Å². The zero-order valence-corrected chi connectivity index (χ0v) is 11.8. The maximum absolute atomic E-state index is 11.7. The molecule has 0 saturated carbocycles. The first kappa shape index (κ1) is 15.0. The average molecular weight is 282 g/mol. The van der Waals surface area contributed by atoms with Crippen LogP contribution in [0, 0.1) is 0 Å². The highest BCUT2D eigenvalue weighted by Gasteiger charge is 2.25. The van der Waals surface area contributed by atoms with Crippen LogP contribution < -0.4 is 0 Å². The van der Waals surface area contributed by atoms with Crippen LogP contribution in [0.15, 0.2) is 72.8 Å². The van der Waals surface area contributed by atoms with E-state index < -0.39 is 18.2 Å². The molecule has 0 aromatic heterocycles. The lowest BCUT2D eigenvalue weighted by Gasteiger charge is -2.23. The summed E-state index contributed by atoms with van der Waals surface area (Å²) in [4.78, 5) is 11.7. The first-order chi connectivity index (χ1) is 10.2. The fraction of sp³-hybridized carbons (Fsp3) is 0.167. The number of carbonyl (C=O) groups excluding carboxylic acids is 1. The van der Waals surface area contributed by atoms with Gasteiger partial charge in [0.25, 0.3) is 0 Å². The molecule has 0 saturated heterocycles. The lowest BCUT2D eigenvalue weighted by molar-refractivity contribution is -0.150. The molecule has 21 heavy (non-hydrogen) atoms. The summed E-state index contributed by atoms with van der Waals surface area (Å²) in [6.45, 7) is 1.74. The van der Waals surface area contributed by atoms with E-state index in [0.717, 1.165) is 5.56 Å². The van der Waals surface area contributed by atoms with Gasteiger partial charge >= 0.3 is 5.97 Å². The third-order valence-electron chi connectivity index (χ3n) is 3.10. The van der Waals surface area contributed by atoms with Gasteiger partial charge in [-0.1, -0.05) is 66.7 Å². The summed E-state index contributed by atoms with van der Waals surface area (Å²) in [5.41, 5.74) is 1.46. The summed E-state index contributed by atoms with van der Waals surface area (Å²) in [7, 11) is 0. The smallest absolute Gasteiger partial charge is 0.331 e. The molecular weight excluding hydrogens is 264 g/mol. The second-order valence-corrected chi connectivity index (χ2v) is 4.62. The topological polar surface area (TPSA) is 46.5 Å². The number of hydrogen-bond donors (Lipinski definition) is 1. The van der Waals surface area contributed by atoms with Gasteiger partial charge in [0.15, 0.2) is 6.10 Å². The van der Waals surface area contributed by atoms with Crippen molar-refractivity contribution in [3.63, 3.8) is 0 Å². The van der Waals surface area contributed by atoms with Crippen molar-refractivity contribution in [2.75, 3.05) is 0 Å². The van der Waals surface area contributed by atoms with E-state index in [1.54, 1.807) is 13.0 Å². The minimum atomic E-state index is -0.914. The van der Waals surface area contributed by atoms with Crippen molar-refractivity contribution in [3.05, 3.63) is 83.9 Å². The Morgan fingerprint density at radius 3 is 2.05 bits per heavy atom. The van der Waals surface area contributed by atoms with Crippen LogP contribution in [0.2, 0.25) is 0 Å². The molecule has 0 aliphatic rings. The van der Waals surface area contributed by atoms with Crippen molar-refractivity contribution in [2.45, 2.75) is 19.1 Å². The van der Waals surface area contributed by atoms with Crippen LogP contribution in [0.1, 0.15) is 30.3 Å². The first-order valence-electron chi connectivity index (χ1n) is 6.83. The standard InChI is InChI=1S/C18H18O3/c1-2-9-16(19)21-18(15-12-7-4-8-13-15)17(20)14-10-5-3-6-11-14/h2-13,17-18,20H,1H3/b9-2+/t17-,18+/m1/s1. The molecule has 0 radical (unpaired) electrons. The minimum absolute atomic E-state index is 0.471. The molecule has 2 aromatic rings. The first-order valence-corrected chi connectivity index (χ1v) is 6.83. The Balaban J connectivity index is 2.29. The van der Waals surface area contributed by atoms with Crippen molar-refractivity contribution in [1.29, 1.82) is 0 Å². The summed E-state index contributed by atoms with van der Waals surface area (Å²) in [6.07, 6.45) is 1.30. The number of carbonyl (C=O) groups is 1. The molecule has 2 atom stereocenters. The second-order valence-electron chi connectivity index (χ2n) is 4.62. The zero-order chi connectivity index (χ0) is 15.1. The van der Waals surface area contributed by atoms with E-state index in [9.17, 15) is 9.90 Å². The predicted octanol–water partition coefficient (Wildman–Crippen LogP) is 3.58. The monoisotopic (exact) mass is 282 g/mol. The van der Waals surface area contributed by atoms with Crippen molar-refractivity contribution in [1.82, 2.24) is 0 Å². The largest absolute Gasteiger partial charge is 0.451 e. The van der Waals surface area contributed by atoms with E-state index >= 15 is 0 Å². The normalized spacial score (nSPS) is 13.8. The highest BCUT2D eigenvalue weighted by molar-refractivity contribution is 5.82. The number of hydrogen-bond acceptors (Lipinski definition) is 3. The van der Waals surface area contributed by atoms with Gasteiger partial charge in [-0.2, -0.15) is 0 Å². The molecule has 0 unspecified atom stereocenters. The van der Waals surface area contributed by atoms with Gasteiger partial charge in [-0.15, -0.1) is 0 Å². The number of benzene rings is 2. The Kier molecular flexibility index (Phi) is 5.29. The second kappa shape index (κ2) is 7.41. The molecule has 108 valence electrons. The Bertz CT molecular complexity index is 590. The summed E-state index contributed by atoms with van der Waals surface area (Å²) in [5.74, 6) is -0.471. The molecule has 3 heteroatoms. The van der Waals surface area contributed by atoms with E-state index in [1.165, 1.54) is 6.08 Å². The predicted molar refractivity (Wildman–Crippen MR) is 81.5 cm³/mol. The van der Waals surface area contributed by atoms with Crippen molar-refractivity contribution in [3.8, 4) is 0 Å². The highest BCUT2D eigenvalue weighted by Crippen LogP contribution is 2.32. The quantitative estimate of drug-likeness (QED) is 0.673. The maximum atomic E-state index is 11.7. The Morgan fingerprint density at radius 1 is 1.00 bits per heavy atom. The number of aliphatic hydroxyl groups is 1. The Morgan fingerprint density at radius 2 is 1.52 bits per heavy atom. The van der Waals surface area contributed by atoms with Crippen LogP contribution in [0.3, 0.4) is 0 Å². The molecular formula is C18H18O3. The number of allylic oxidation sites excluding steroid dienone is 1. The van der Waals surface area contributed by atoms with Gasteiger partial charge in [-0.05, 0) is 18.1 Å². The highest BCUT2D eigenvalue weighted by atomic mass is 16.6. The van der Waals surface area contributed by atoms with E-state index in [0.29, 0.717) is 5.56 Å². The van der Waals surface area contributed by atoms with Crippen molar-refractivity contribution < 1.29 is 14.6 Å². The van der Waals surface area contributed by atoms with Crippen LogP contribution in [0.5, 0.6) is 0 Å². The fourth-order valence-electron chi connectivity index (χ4n) is 2.08. The van der Waals surface area contributed by atoms with Crippen LogP contribution in [-0.4, -0.2) is 11.1 Å². The van der Waals surface area contributed by atoms with Gasteiger partial charge in [0, 0.05) is 6.08 Å². The minimum Gasteiger partial charge on any atom is -0.451 e. The summed E-state index contributed by atoms with van der Waals surface area (Å²) in [6, 6.07) is 18.4. The van der Waals surface area contributed by atoms with E-state index in [-0.39, 0.29) is 0 Å². The van der Waals surface area contributed by atoms with Gasteiger partial charge in [0.2, 0.25) is 0 Å².